The molecule has 39 heavy (non-hydrogen) atoms. The number of hydrogen-bond donors (Lipinski definition) is 4. The predicted octanol–water partition coefficient (Wildman–Crippen LogP) is 1.23. The molecular formula is C27H32FN5O6. The second-order valence-corrected chi connectivity index (χ2v) is 9.96. The van der Waals surface area contributed by atoms with Crippen LogP contribution in [0.5, 0.6) is 0 Å². The summed E-state index contributed by atoms with van der Waals surface area (Å²) in [4.78, 5) is 45.0. The molecule has 1 aromatic heterocycles. The van der Waals surface area contributed by atoms with Crippen LogP contribution in [-0.2, 0) is 25.5 Å². The van der Waals surface area contributed by atoms with Crippen molar-refractivity contribution in [1.29, 1.82) is 0 Å². The van der Waals surface area contributed by atoms with Gasteiger partial charge in [0.05, 0.1) is 41.8 Å². The molecule has 1 fully saturated rings. The number of halogens is 1. The Morgan fingerprint density at radius 3 is 2.77 bits per heavy atom. The van der Waals surface area contributed by atoms with Crippen molar-refractivity contribution in [3.63, 3.8) is 0 Å². The highest BCUT2D eigenvalue weighted by Crippen LogP contribution is 2.37. The summed E-state index contributed by atoms with van der Waals surface area (Å²) in [5.41, 5.74) is 3.46. The lowest BCUT2D eigenvalue weighted by Crippen LogP contribution is -2.47. The first-order chi connectivity index (χ1) is 18.7. The second kappa shape index (κ2) is 11.3. The van der Waals surface area contributed by atoms with Crippen LogP contribution < -0.4 is 10.6 Å². The van der Waals surface area contributed by atoms with Crippen LogP contribution in [0.3, 0.4) is 0 Å². The number of aromatic nitrogens is 1. The molecule has 5 rings (SSSR count). The zero-order valence-corrected chi connectivity index (χ0v) is 21.9. The summed E-state index contributed by atoms with van der Waals surface area (Å²) in [6.45, 7) is 5.55. The summed E-state index contributed by atoms with van der Waals surface area (Å²) in [7, 11) is 1.36. The third kappa shape index (κ3) is 5.59. The Morgan fingerprint density at radius 1 is 1.26 bits per heavy atom. The van der Waals surface area contributed by atoms with Gasteiger partial charge in [0.2, 0.25) is 5.91 Å². The second-order valence-electron chi connectivity index (χ2n) is 9.96. The van der Waals surface area contributed by atoms with Crippen molar-refractivity contribution in [2.24, 2.45) is 0 Å². The third-order valence-electron chi connectivity index (χ3n) is 7.23. The zero-order chi connectivity index (χ0) is 27.7. The van der Waals surface area contributed by atoms with E-state index in [1.165, 1.54) is 19.2 Å². The van der Waals surface area contributed by atoms with E-state index in [4.69, 9.17) is 9.47 Å². The highest BCUT2D eigenvalue weighted by molar-refractivity contribution is 6.35. The number of hydrogen-bond acceptors (Lipinski definition) is 7. The molecule has 3 aliphatic rings. The van der Waals surface area contributed by atoms with Crippen LogP contribution >= 0.6 is 0 Å². The fourth-order valence-electron chi connectivity index (χ4n) is 5.29. The molecule has 1 aromatic carbocycles. The SMILES string of the molecule is COCC(=O)Nc1cc2c(cc1F)C(=Cc1[nH]c3c(c1C)C(=O)N(C[C@H](O)CN1CCOCC1)CC3)C(=O)N2. The molecule has 3 amide bonds. The summed E-state index contributed by atoms with van der Waals surface area (Å²) in [6, 6.07) is 2.57. The first-order valence-electron chi connectivity index (χ1n) is 12.9. The molecule has 4 N–H and O–H groups in total. The van der Waals surface area contributed by atoms with Crippen LogP contribution in [0.25, 0.3) is 11.6 Å². The minimum absolute atomic E-state index is 0.0645. The topological polar surface area (TPSA) is 136 Å². The van der Waals surface area contributed by atoms with E-state index in [0.29, 0.717) is 60.8 Å². The lowest BCUT2D eigenvalue weighted by atomic mass is 10.0. The van der Waals surface area contributed by atoms with Crippen molar-refractivity contribution in [1.82, 2.24) is 14.8 Å². The van der Waals surface area contributed by atoms with Gasteiger partial charge in [-0.1, -0.05) is 0 Å². The fraction of sp³-hybridized carbons (Fsp3) is 0.444. The molecule has 208 valence electrons. The fourth-order valence-corrected chi connectivity index (χ4v) is 5.29. The molecule has 0 radical (unpaired) electrons. The van der Waals surface area contributed by atoms with E-state index in [9.17, 15) is 23.9 Å². The molecule has 0 aliphatic carbocycles. The summed E-state index contributed by atoms with van der Waals surface area (Å²) < 4.78 is 24.9. The molecule has 2 aromatic rings. The molecule has 1 atom stereocenters. The van der Waals surface area contributed by atoms with Crippen molar-refractivity contribution >= 4 is 40.7 Å². The molecule has 0 unspecified atom stereocenters. The minimum atomic E-state index is -0.690. The van der Waals surface area contributed by atoms with E-state index in [1.807, 2.05) is 0 Å². The van der Waals surface area contributed by atoms with Crippen molar-refractivity contribution < 1.29 is 33.4 Å². The summed E-state index contributed by atoms with van der Waals surface area (Å²) in [5, 5.41) is 15.8. The monoisotopic (exact) mass is 541 g/mol. The number of β-amino-alcohol motifs (C(OH)–C–C–N with tert-alkyl or cyclic N) is 1. The number of fused-ring (bicyclic) bond motifs is 2. The number of aromatic amines is 1. The zero-order valence-electron chi connectivity index (χ0n) is 21.9. The molecule has 0 bridgehead atoms. The van der Waals surface area contributed by atoms with Gasteiger partial charge in [0, 0.05) is 63.2 Å². The van der Waals surface area contributed by atoms with E-state index in [1.54, 1.807) is 17.9 Å². The highest BCUT2D eigenvalue weighted by atomic mass is 19.1. The molecule has 0 spiro atoms. The standard InChI is InChI=1S/C27H32FN5O6/c1-15-21(10-18-17-9-19(28)23(30-24(35)14-38-2)11-22(17)31-26(18)36)29-20-3-4-33(27(37)25(15)20)13-16(34)12-32-5-7-39-8-6-32/h9-11,16,29,34H,3-8,12-14H2,1-2H3,(H,30,35)(H,31,36)/t16-/m1/s1. The van der Waals surface area contributed by atoms with Crippen LogP contribution in [0.1, 0.15) is 32.9 Å². The van der Waals surface area contributed by atoms with Crippen molar-refractivity contribution in [3.8, 4) is 0 Å². The van der Waals surface area contributed by atoms with Gasteiger partial charge in [0.25, 0.3) is 11.8 Å². The van der Waals surface area contributed by atoms with Gasteiger partial charge in [-0.05, 0) is 30.7 Å². The quantitative estimate of drug-likeness (QED) is 0.369. The van der Waals surface area contributed by atoms with Crippen LogP contribution in [-0.4, -0.2) is 103 Å². The number of rotatable bonds is 8. The maximum atomic E-state index is 14.8. The van der Waals surface area contributed by atoms with Crippen molar-refractivity contribution in [2.75, 3.05) is 70.3 Å². The number of H-pyrrole nitrogens is 1. The van der Waals surface area contributed by atoms with Gasteiger partial charge in [0.15, 0.2) is 0 Å². The average Bonchev–Trinajstić information content (AvgIpc) is 3.37. The van der Waals surface area contributed by atoms with Gasteiger partial charge in [-0.15, -0.1) is 0 Å². The maximum Gasteiger partial charge on any atom is 0.256 e. The number of nitrogens with zero attached hydrogens (tertiary/aromatic N) is 2. The number of anilines is 2. The van der Waals surface area contributed by atoms with Gasteiger partial charge < -0.3 is 35.1 Å². The van der Waals surface area contributed by atoms with Crippen LogP contribution in [0.2, 0.25) is 0 Å². The first-order valence-corrected chi connectivity index (χ1v) is 12.9. The van der Waals surface area contributed by atoms with Gasteiger partial charge in [-0.3, -0.25) is 19.3 Å². The lowest BCUT2D eigenvalue weighted by Gasteiger charge is -2.32. The molecule has 12 heteroatoms. The Hall–Kier alpha value is -3.58. The summed E-state index contributed by atoms with van der Waals surface area (Å²) in [5.74, 6) is -1.80. The Labute approximate surface area is 224 Å². The Morgan fingerprint density at radius 2 is 2.03 bits per heavy atom. The predicted molar refractivity (Wildman–Crippen MR) is 142 cm³/mol. The molecular weight excluding hydrogens is 509 g/mol. The molecule has 3 aliphatic heterocycles. The number of morpholine rings is 1. The minimum Gasteiger partial charge on any atom is -0.390 e. The van der Waals surface area contributed by atoms with E-state index >= 15 is 0 Å². The largest absolute Gasteiger partial charge is 0.390 e. The number of carbonyl (C=O) groups excluding carboxylic acids is 3. The normalized spacial score (nSPS) is 19.2. The molecule has 4 heterocycles. The number of nitrogens with one attached hydrogen (secondary N) is 3. The summed E-state index contributed by atoms with van der Waals surface area (Å²) in [6.07, 6.45) is 1.52. The molecule has 11 nitrogen and oxygen atoms in total. The first kappa shape index (κ1) is 27.0. The number of methoxy groups -OCH3 is 1. The van der Waals surface area contributed by atoms with Crippen LogP contribution in [0.4, 0.5) is 15.8 Å². The average molecular weight is 542 g/mol. The number of benzene rings is 1. The van der Waals surface area contributed by atoms with Gasteiger partial charge in [-0.2, -0.15) is 0 Å². The third-order valence-corrected chi connectivity index (χ3v) is 7.23. The molecule has 0 saturated carbocycles. The van der Waals surface area contributed by atoms with Crippen molar-refractivity contribution in [2.45, 2.75) is 19.4 Å². The molecule has 1 saturated heterocycles. The van der Waals surface area contributed by atoms with Gasteiger partial charge in [0.1, 0.15) is 12.4 Å². The number of aliphatic hydroxyl groups excluding tert-OH is 1. The van der Waals surface area contributed by atoms with Crippen LogP contribution in [0, 0.1) is 12.7 Å². The van der Waals surface area contributed by atoms with Gasteiger partial charge >= 0.3 is 0 Å². The maximum absolute atomic E-state index is 14.8. The van der Waals surface area contributed by atoms with E-state index in [2.05, 4.69) is 20.5 Å². The van der Waals surface area contributed by atoms with E-state index in [0.717, 1.165) is 18.8 Å². The van der Waals surface area contributed by atoms with Crippen molar-refractivity contribution in [3.05, 3.63) is 46.0 Å². The number of carbonyl (C=O) groups is 3. The van der Waals surface area contributed by atoms with Crippen LogP contribution in [0.15, 0.2) is 12.1 Å². The lowest BCUT2D eigenvalue weighted by molar-refractivity contribution is -0.119. The number of ether oxygens (including phenoxy) is 2. The Kier molecular flexibility index (Phi) is 7.80. The Balaban J connectivity index is 1.34. The number of amides is 3. The summed E-state index contributed by atoms with van der Waals surface area (Å²) >= 11 is 0. The smallest absolute Gasteiger partial charge is 0.256 e. The van der Waals surface area contributed by atoms with E-state index < -0.39 is 23.7 Å². The highest BCUT2D eigenvalue weighted by Gasteiger charge is 2.32. The van der Waals surface area contributed by atoms with Gasteiger partial charge in [-0.25, -0.2) is 4.39 Å². The van der Waals surface area contributed by atoms with E-state index in [-0.39, 0.29) is 30.3 Å². The Bertz CT molecular complexity index is 1330. The number of aliphatic hydroxyl groups is 1.